The van der Waals surface area contributed by atoms with E-state index in [1.54, 1.807) is 29.8 Å². The summed E-state index contributed by atoms with van der Waals surface area (Å²) in [5, 5.41) is 19.4. The second kappa shape index (κ2) is 9.11. The van der Waals surface area contributed by atoms with Crippen LogP contribution in [0.15, 0.2) is 60.8 Å². The molecule has 0 unspecified atom stereocenters. The second-order valence-corrected chi connectivity index (χ2v) is 7.88. The molecule has 1 saturated carbocycles. The average Bonchev–Trinajstić information content (AvgIpc) is 3.58. The van der Waals surface area contributed by atoms with Crippen LogP contribution in [-0.2, 0) is 0 Å². The van der Waals surface area contributed by atoms with Crippen LogP contribution in [0.25, 0.3) is 16.8 Å². The third-order valence-corrected chi connectivity index (χ3v) is 5.45. The summed E-state index contributed by atoms with van der Waals surface area (Å²) in [5.41, 5.74) is 3.73. The van der Waals surface area contributed by atoms with Crippen molar-refractivity contribution in [2.24, 2.45) is 0 Å². The molecule has 9 nitrogen and oxygen atoms in total. The highest BCUT2D eigenvalue weighted by Crippen LogP contribution is 2.29. The quantitative estimate of drug-likeness (QED) is 0.414. The fraction of sp³-hybridized carbons (Fsp3) is 0.200. The summed E-state index contributed by atoms with van der Waals surface area (Å²) < 4.78 is 12.5. The molecule has 2 heterocycles. The number of aromatic nitrogens is 3. The number of benzene rings is 2. The highest BCUT2D eigenvalue weighted by atomic mass is 16.5. The molecule has 0 atom stereocenters. The highest BCUT2D eigenvalue weighted by Gasteiger charge is 2.25. The number of hydrogen-bond acceptors (Lipinski definition) is 7. The summed E-state index contributed by atoms with van der Waals surface area (Å²) in [7, 11) is 1.54. The van der Waals surface area contributed by atoms with Crippen LogP contribution in [0.4, 0.5) is 11.6 Å². The summed E-state index contributed by atoms with van der Waals surface area (Å²) in [6.07, 6.45) is 3.87. The van der Waals surface area contributed by atoms with Gasteiger partial charge in [0.25, 0.3) is 5.91 Å². The molecule has 1 amide bonds. The van der Waals surface area contributed by atoms with Gasteiger partial charge in [0.05, 0.1) is 12.7 Å². The number of methoxy groups -OCH3 is 1. The van der Waals surface area contributed by atoms with Gasteiger partial charge >= 0.3 is 0 Å². The zero-order valence-corrected chi connectivity index (χ0v) is 18.5. The molecule has 0 aliphatic heterocycles. The largest absolute Gasteiger partial charge is 0.496 e. The number of carbonyl (C=O) groups excluding carboxylic acids is 1. The number of anilines is 2. The van der Waals surface area contributed by atoms with Gasteiger partial charge in [-0.1, -0.05) is 12.1 Å². The maximum atomic E-state index is 12.4. The highest BCUT2D eigenvalue weighted by molar-refractivity contribution is 5.97. The molecule has 170 valence electrons. The smallest absolute Gasteiger partial charge is 0.255 e. The molecule has 0 bridgehead atoms. The van der Waals surface area contributed by atoms with Crippen LogP contribution in [0, 0.1) is 11.3 Å². The molecule has 2 aromatic carbocycles. The number of fused-ring (bicyclic) bond motifs is 1. The Morgan fingerprint density at radius 1 is 1.21 bits per heavy atom. The first-order chi connectivity index (χ1) is 16.6. The fourth-order valence-electron chi connectivity index (χ4n) is 3.61. The van der Waals surface area contributed by atoms with Gasteiger partial charge in [0.15, 0.2) is 12.3 Å². The standard InChI is InChI=1S/C25H22N6O3/c1-33-22-15-18(8-11-21(22)24(32)27-17-6-7-17)28-25-29-23-20(3-2-13-31(23)30-25)16-4-9-19(10-5-16)34-14-12-26/h2-5,8-11,13,15,17H,6-7,14H2,1H3,(H,27,32)(H,28,30). The minimum atomic E-state index is -0.134. The zero-order valence-electron chi connectivity index (χ0n) is 18.5. The molecule has 2 N–H and O–H groups in total. The Bertz CT molecular complexity index is 1390. The van der Waals surface area contributed by atoms with Crippen molar-refractivity contribution in [3.8, 4) is 28.7 Å². The predicted octanol–water partition coefficient (Wildman–Crippen LogP) is 3.94. The Balaban J connectivity index is 1.39. The first-order valence-electron chi connectivity index (χ1n) is 10.9. The van der Waals surface area contributed by atoms with Crippen molar-refractivity contribution in [3.05, 3.63) is 66.4 Å². The van der Waals surface area contributed by atoms with E-state index in [9.17, 15) is 4.79 Å². The molecule has 2 aromatic heterocycles. The number of nitrogens with zero attached hydrogens (tertiary/aromatic N) is 4. The van der Waals surface area contributed by atoms with Crippen LogP contribution < -0.4 is 20.1 Å². The summed E-state index contributed by atoms with van der Waals surface area (Å²) in [4.78, 5) is 17.1. The van der Waals surface area contributed by atoms with Crippen molar-refractivity contribution in [1.29, 1.82) is 5.26 Å². The van der Waals surface area contributed by atoms with Crippen molar-refractivity contribution in [2.75, 3.05) is 19.0 Å². The van der Waals surface area contributed by atoms with Gasteiger partial charge in [0.2, 0.25) is 5.95 Å². The summed E-state index contributed by atoms with van der Waals surface area (Å²) >= 11 is 0. The van der Waals surface area contributed by atoms with E-state index in [4.69, 9.17) is 14.7 Å². The Kier molecular flexibility index (Phi) is 5.70. The molecule has 0 saturated heterocycles. The van der Waals surface area contributed by atoms with Crippen LogP contribution >= 0.6 is 0 Å². The van der Waals surface area contributed by atoms with E-state index in [1.807, 2.05) is 48.7 Å². The number of rotatable bonds is 8. The van der Waals surface area contributed by atoms with Gasteiger partial charge < -0.3 is 20.1 Å². The fourth-order valence-corrected chi connectivity index (χ4v) is 3.61. The lowest BCUT2D eigenvalue weighted by molar-refractivity contribution is 0.0948. The van der Waals surface area contributed by atoms with Crippen molar-refractivity contribution in [2.45, 2.75) is 18.9 Å². The number of nitriles is 1. The molecule has 0 radical (unpaired) electrons. The molecule has 5 rings (SSSR count). The lowest BCUT2D eigenvalue weighted by atomic mass is 10.1. The van der Waals surface area contributed by atoms with Crippen molar-refractivity contribution >= 4 is 23.2 Å². The number of nitrogens with one attached hydrogen (secondary N) is 2. The minimum absolute atomic E-state index is 0.00505. The van der Waals surface area contributed by atoms with E-state index in [0.29, 0.717) is 34.3 Å². The third-order valence-electron chi connectivity index (χ3n) is 5.45. The van der Waals surface area contributed by atoms with Crippen LogP contribution in [0.3, 0.4) is 0 Å². The third kappa shape index (κ3) is 4.47. The maximum Gasteiger partial charge on any atom is 0.255 e. The zero-order chi connectivity index (χ0) is 23.5. The molecule has 0 spiro atoms. The van der Waals surface area contributed by atoms with Crippen molar-refractivity contribution < 1.29 is 14.3 Å². The Labute approximate surface area is 196 Å². The lowest BCUT2D eigenvalue weighted by Gasteiger charge is -2.11. The van der Waals surface area contributed by atoms with Gasteiger partial charge in [-0.25, -0.2) is 4.52 Å². The van der Waals surface area contributed by atoms with E-state index in [2.05, 4.69) is 20.7 Å². The van der Waals surface area contributed by atoms with Gasteiger partial charge in [0, 0.05) is 29.6 Å². The monoisotopic (exact) mass is 454 g/mol. The second-order valence-electron chi connectivity index (χ2n) is 7.88. The van der Waals surface area contributed by atoms with E-state index in [0.717, 1.165) is 24.0 Å². The lowest BCUT2D eigenvalue weighted by Crippen LogP contribution is -2.25. The molecular formula is C25H22N6O3. The van der Waals surface area contributed by atoms with Gasteiger partial charge in [-0.15, -0.1) is 5.10 Å². The number of carbonyl (C=O) groups is 1. The summed E-state index contributed by atoms with van der Waals surface area (Å²) in [6.45, 7) is 0.00505. The molecule has 1 aliphatic rings. The molecule has 9 heteroatoms. The van der Waals surface area contributed by atoms with Crippen molar-refractivity contribution in [1.82, 2.24) is 19.9 Å². The van der Waals surface area contributed by atoms with Crippen molar-refractivity contribution in [3.63, 3.8) is 0 Å². The van der Waals surface area contributed by atoms with Gasteiger partial charge in [-0.05, 0) is 54.8 Å². The van der Waals surface area contributed by atoms with Crippen LogP contribution in [0.5, 0.6) is 11.5 Å². The number of pyridine rings is 1. The first kappa shape index (κ1) is 21.3. The van der Waals surface area contributed by atoms with Crippen LogP contribution in [0.1, 0.15) is 23.2 Å². The number of amides is 1. The number of hydrogen-bond donors (Lipinski definition) is 2. The van der Waals surface area contributed by atoms with E-state index < -0.39 is 0 Å². The average molecular weight is 454 g/mol. The normalized spacial score (nSPS) is 12.7. The Morgan fingerprint density at radius 2 is 2.03 bits per heavy atom. The van der Waals surface area contributed by atoms with E-state index in [1.165, 1.54) is 0 Å². The topological polar surface area (TPSA) is 114 Å². The van der Waals surface area contributed by atoms with E-state index in [-0.39, 0.29) is 18.6 Å². The summed E-state index contributed by atoms with van der Waals surface area (Å²) in [6, 6.07) is 18.9. The van der Waals surface area contributed by atoms with Gasteiger partial charge in [-0.3, -0.25) is 4.79 Å². The summed E-state index contributed by atoms with van der Waals surface area (Å²) in [5.74, 6) is 1.39. The van der Waals surface area contributed by atoms with Gasteiger partial charge in [0.1, 0.15) is 17.6 Å². The van der Waals surface area contributed by atoms with Gasteiger partial charge in [-0.2, -0.15) is 10.2 Å². The molecule has 4 aromatic rings. The Morgan fingerprint density at radius 3 is 2.76 bits per heavy atom. The first-order valence-corrected chi connectivity index (χ1v) is 10.9. The van der Waals surface area contributed by atoms with E-state index >= 15 is 0 Å². The number of ether oxygens (including phenoxy) is 2. The minimum Gasteiger partial charge on any atom is -0.496 e. The molecule has 34 heavy (non-hydrogen) atoms. The predicted molar refractivity (Wildman–Crippen MR) is 126 cm³/mol. The van der Waals surface area contributed by atoms with Crippen LogP contribution in [-0.4, -0.2) is 40.3 Å². The SMILES string of the molecule is COc1cc(Nc2nc3c(-c4ccc(OCC#N)cc4)cccn3n2)ccc1C(=O)NC1CC1. The molecule has 1 fully saturated rings. The molecule has 1 aliphatic carbocycles. The maximum absolute atomic E-state index is 12.4. The molecular weight excluding hydrogens is 432 g/mol. The van der Waals surface area contributed by atoms with Crippen LogP contribution in [0.2, 0.25) is 0 Å². The Hall–Kier alpha value is -4.58.